The monoisotopic (exact) mass is 230 g/mol. The standard InChI is InChI=1S/C12H22O4/c1-6-7-15-11(13)10(8(2)3)12(14)16-9(4)5/h8-10H,6-7H2,1-5H3. The van der Waals surface area contributed by atoms with Gasteiger partial charge in [-0.2, -0.15) is 0 Å². The zero-order chi connectivity index (χ0) is 12.7. The number of ether oxygens (including phenoxy) is 2. The van der Waals surface area contributed by atoms with Crippen LogP contribution in [0.1, 0.15) is 41.0 Å². The van der Waals surface area contributed by atoms with Gasteiger partial charge in [0, 0.05) is 0 Å². The maximum Gasteiger partial charge on any atom is 0.320 e. The van der Waals surface area contributed by atoms with Gasteiger partial charge in [-0.25, -0.2) is 0 Å². The van der Waals surface area contributed by atoms with Gasteiger partial charge in [-0.3, -0.25) is 9.59 Å². The number of carbonyl (C=O) groups is 2. The van der Waals surface area contributed by atoms with E-state index in [4.69, 9.17) is 9.47 Å². The van der Waals surface area contributed by atoms with Crippen molar-refractivity contribution in [2.24, 2.45) is 11.8 Å². The Kier molecular flexibility index (Phi) is 6.77. The van der Waals surface area contributed by atoms with E-state index in [0.717, 1.165) is 6.42 Å². The molecule has 0 amide bonds. The second-order valence-electron chi connectivity index (χ2n) is 4.37. The van der Waals surface area contributed by atoms with Gasteiger partial charge >= 0.3 is 11.9 Å². The Morgan fingerprint density at radius 3 is 2.00 bits per heavy atom. The van der Waals surface area contributed by atoms with Gasteiger partial charge in [-0.1, -0.05) is 20.8 Å². The molecule has 0 saturated heterocycles. The van der Waals surface area contributed by atoms with Gasteiger partial charge in [-0.15, -0.1) is 0 Å². The molecule has 0 fully saturated rings. The number of rotatable bonds is 6. The Hall–Kier alpha value is -1.06. The summed E-state index contributed by atoms with van der Waals surface area (Å²) in [6.07, 6.45) is 0.531. The molecule has 4 nitrogen and oxygen atoms in total. The van der Waals surface area contributed by atoms with E-state index in [1.54, 1.807) is 27.7 Å². The van der Waals surface area contributed by atoms with Crippen LogP contribution in [0.3, 0.4) is 0 Å². The van der Waals surface area contributed by atoms with Crippen molar-refractivity contribution in [1.29, 1.82) is 0 Å². The average Bonchev–Trinajstić information content (AvgIpc) is 2.12. The highest BCUT2D eigenvalue weighted by molar-refractivity contribution is 5.95. The summed E-state index contributed by atoms with van der Waals surface area (Å²) in [4.78, 5) is 23.3. The van der Waals surface area contributed by atoms with Gasteiger partial charge < -0.3 is 9.47 Å². The highest BCUT2D eigenvalue weighted by Gasteiger charge is 2.33. The van der Waals surface area contributed by atoms with Crippen molar-refractivity contribution in [3.05, 3.63) is 0 Å². The minimum atomic E-state index is -0.811. The van der Waals surface area contributed by atoms with Crippen LogP contribution in [-0.2, 0) is 19.1 Å². The first-order valence-electron chi connectivity index (χ1n) is 5.77. The van der Waals surface area contributed by atoms with E-state index >= 15 is 0 Å². The summed E-state index contributed by atoms with van der Waals surface area (Å²) in [6, 6.07) is 0. The van der Waals surface area contributed by atoms with Crippen molar-refractivity contribution in [2.45, 2.75) is 47.1 Å². The highest BCUT2D eigenvalue weighted by atomic mass is 16.6. The van der Waals surface area contributed by atoms with E-state index in [9.17, 15) is 9.59 Å². The van der Waals surface area contributed by atoms with Crippen LogP contribution in [0, 0.1) is 11.8 Å². The fourth-order valence-corrected chi connectivity index (χ4v) is 1.24. The summed E-state index contributed by atoms with van der Waals surface area (Å²) in [5.74, 6) is -1.90. The van der Waals surface area contributed by atoms with E-state index in [-0.39, 0.29) is 12.0 Å². The van der Waals surface area contributed by atoms with Gasteiger partial charge in [0.05, 0.1) is 12.7 Å². The smallest absolute Gasteiger partial charge is 0.320 e. The lowest BCUT2D eigenvalue weighted by Gasteiger charge is -2.19. The summed E-state index contributed by atoms with van der Waals surface area (Å²) < 4.78 is 10.0. The molecule has 0 aliphatic heterocycles. The van der Waals surface area contributed by atoms with Crippen molar-refractivity contribution in [1.82, 2.24) is 0 Å². The molecule has 0 spiro atoms. The molecule has 0 N–H and O–H groups in total. The summed E-state index contributed by atoms with van der Waals surface area (Å²) >= 11 is 0. The fourth-order valence-electron chi connectivity index (χ4n) is 1.24. The molecule has 0 aromatic carbocycles. The molecule has 0 aromatic rings. The van der Waals surface area contributed by atoms with Crippen LogP contribution >= 0.6 is 0 Å². The predicted molar refractivity (Wildman–Crippen MR) is 60.8 cm³/mol. The van der Waals surface area contributed by atoms with Crippen LogP contribution in [0.25, 0.3) is 0 Å². The molecule has 0 saturated carbocycles. The molecule has 0 bridgehead atoms. The van der Waals surface area contributed by atoms with E-state index in [2.05, 4.69) is 0 Å². The fraction of sp³-hybridized carbons (Fsp3) is 0.833. The lowest BCUT2D eigenvalue weighted by atomic mass is 9.96. The highest BCUT2D eigenvalue weighted by Crippen LogP contribution is 2.16. The zero-order valence-electron chi connectivity index (χ0n) is 10.8. The van der Waals surface area contributed by atoms with Gasteiger partial charge in [0.25, 0.3) is 0 Å². The summed E-state index contributed by atoms with van der Waals surface area (Å²) in [6.45, 7) is 9.37. The van der Waals surface area contributed by atoms with Gasteiger partial charge in [0.1, 0.15) is 0 Å². The summed E-state index contributed by atoms with van der Waals surface area (Å²) in [5.41, 5.74) is 0. The number of esters is 2. The van der Waals surface area contributed by atoms with Crippen molar-refractivity contribution in [3.8, 4) is 0 Å². The molecule has 0 radical (unpaired) electrons. The second kappa shape index (κ2) is 7.25. The molecule has 1 atom stereocenters. The Balaban J connectivity index is 4.48. The average molecular weight is 230 g/mol. The third-order valence-corrected chi connectivity index (χ3v) is 1.97. The van der Waals surface area contributed by atoms with Crippen LogP contribution in [0.15, 0.2) is 0 Å². The maximum atomic E-state index is 11.7. The quantitative estimate of drug-likeness (QED) is 0.518. The molecule has 0 aliphatic carbocycles. The minimum absolute atomic E-state index is 0.115. The first-order chi connectivity index (χ1) is 7.40. The molecular formula is C12H22O4. The largest absolute Gasteiger partial charge is 0.465 e. The first kappa shape index (κ1) is 14.9. The van der Waals surface area contributed by atoms with Crippen LogP contribution in [0.2, 0.25) is 0 Å². The van der Waals surface area contributed by atoms with Gasteiger partial charge in [0.2, 0.25) is 0 Å². The normalized spacial score (nSPS) is 12.7. The van der Waals surface area contributed by atoms with E-state index < -0.39 is 17.9 Å². The van der Waals surface area contributed by atoms with Crippen molar-refractivity contribution < 1.29 is 19.1 Å². The SMILES string of the molecule is CCCOC(=O)C(C(=O)OC(C)C)C(C)C. The predicted octanol–water partition coefficient (Wildman–Crippen LogP) is 2.16. The first-order valence-corrected chi connectivity index (χ1v) is 5.77. The molecular weight excluding hydrogens is 208 g/mol. The lowest BCUT2D eigenvalue weighted by molar-refractivity contribution is -0.166. The number of hydrogen-bond acceptors (Lipinski definition) is 4. The number of hydrogen-bond donors (Lipinski definition) is 0. The van der Waals surface area contributed by atoms with E-state index in [1.165, 1.54) is 0 Å². The van der Waals surface area contributed by atoms with Gasteiger partial charge in [-0.05, 0) is 26.2 Å². The van der Waals surface area contributed by atoms with Gasteiger partial charge in [0.15, 0.2) is 5.92 Å². The third-order valence-electron chi connectivity index (χ3n) is 1.97. The van der Waals surface area contributed by atoms with Crippen molar-refractivity contribution >= 4 is 11.9 Å². The number of carbonyl (C=O) groups excluding carboxylic acids is 2. The molecule has 1 unspecified atom stereocenters. The Bertz CT molecular complexity index is 233. The molecule has 0 aliphatic rings. The zero-order valence-corrected chi connectivity index (χ0v) is 10.8. The molecule has 16 heavy (non-hydrogen) atoms. The maximum absolute atomic E-state index is 11.7. The Labute approximate surface area is 97.3 Å². The Morgan fingerprint density at radius 2 is 1.62 bits per heavy atom. The summed E-state index contributed by atoms with van der Waals surface area (Å²) in [5, 5.41) is 0. The molecule has 0 heterocycles. The molecule has 4 heteroatoms. The molecule has 94 valence electrons. The van der Waals surface area contributed by atoms with Crippen LogP contribution in [0.5, 0.6) is 0 Å². The lowest BCUT2D eigenvalue weighted by Crippen LogP contribution is -2.33. The minimum Gasteiger partial charge on any atom is -0.465 e. The second-order valence-corrected chi connectivity index (χ2v) is 4.37. The van der Waals surface area contributed by atoms with Crippen molar-refractivity contribution in [2.75, 3.05) is 6.61 Å². The summed E-state index contributed by atoms with van der Waals surface area (Å²) in [7, 11) is 0. The Morgan fingerprint density at radius 1 is 1.06 bits per heavy atom. The van der Waals surface area contributed by atoms with E-state index in [1.807, 2.05) is 6.92 Å². The molecule has 0 rings (SSSR count). The topological polar surface area (TPSA) is 52.6 Å². The third kappa shape index (κ3) is 5.14. The van der Waals surface area contributed by atoms with E-state index in [0.29, 0.717) is 6.61 Å². The van der Waals surface area contributed by atoms with Crippen LogP contribution in [0.4, 0.5) is 0 Å². The van der Waals surface area contributed by atoms with Crippen LogP contribution in [-0.4, -0.2) is 24.6 Å². The van der Waals surface area contributed by atoms with Crippen molar-refractivity contribution in [3.63, 3.8) is 0 Å². The van der Waals surface area contributed by atoms with Crippen LogP contribution < -0.4 is 0 Å². The molecule has 0 aromatic heterocycles.